The molecule has 0 bridgehead atoms. The number of hydrogen-bond donors (Lipinski definition) is 8. The van der Waals surface area contributed by atoms with Crippen LogP contribution < -0.4 is 38.9 Å². The van der Waals surface area contributed by atoms with Crippen molar-refractivity contribution in [1.29, 1.82) is 0 Å². The van der Waals surface area contributed by atoms with Gasteiger partial charge in [0.1, 0.15) is 18.1 Å². The zero-order valence-electron chi connectivity index (χ0n) is 24.3. The summed E-state index contributed by atoms with van der Waals surface area (Å²) < 4.78 is 0. The predicted molar refractivity (Wildman–Crippen MR) is 161 cm³/mol. The highest BCUT2D eigenvalue weighted by atomic mass is 16.2. The molecule has 234 valence electrons. The maximum absolute atomic E-state index is 13.6. The number of nitrogens with one attached hydrogen (secondary N) is 4. The van der Waals surface area contributed by atoms with Crippen LogP contribution in [0.4, 0.5) is 5.95 Å². The minimum Gasteiger partial charge on any atom is -0.370 e. The molecular formula is C28H43N11O4. The Balaban J connectivity index is 1.74. The smallest absolute Gasteiger partial charge is 0.289 e. The van der Waals surface area contributed by atoms with Crippen LogP contribution in [0.2, 0.25) is 0 Å². The first-order valence-corrected chi connectivity index (χ1v) is 14.6. The van der Waals surface area contributed by atoms with Gasteiger partial charge < -0.3 is 38.9 Å². The molecule has 4 amide bonds. The first-order valence-electron chi connectivity index (χ1n) is 14.6. The van der Waals surface area contributed by atoms with Crippen molar-refractivity contribution in [2.45, 2.75) is 82.3 Å². The average molecular weight is 598 g/mol. The molecular weight excluding hydrogens is 554 g/mol. The van der Waals surface area contributed by atoms with Crippen molar-refractivity contribution in [2.75, 3.05) is 12.3 Å². The number of hydrogen-bond acceptors (Lipinski definition) is 8. The molecule has 3 rings (SSSR count). The number of benzene rings is 1. The summed E-state index contributed by atoms with van der Waals surface area (Å²) in [5.74, 6) is -2.58. The topological polar surface area (TPSA) is 262 Å². The number of aliphatic imine (C=N–C) groups is 1. The van der Waals surface area contributed by atoms with Gasteiger partial charge in [-0.1, -0.05) is 62.4 Å². The summed E-state index contributed by atoms with van der Waals surface area (Å²) in [4.78, 5) is 60.0. The van der Waals surface area contributed by atoms with Gasteiger partial charge in [-0.05, 0) is 43.6 Å². The summed E-state index contributed by atoms with van der Waals surface area (Å²) in [7, 11) is 0. The Hall–Kier alpha value is -4.69. The van der Waals surface area contributed by atoms with Crippen molar-refractivity contribution in [2.24, 2.45) is 28.1 Å². The van der Waals surface area contributed by atoms with Crippen LogP contribution >= 0.6 is 0 Å². The Kier molecular flexibility index (Phi) is 12.7. The van der Waals surface area contributed by atoms with Crippen molar-refractivity contribution < 1.29 is 19.2 Å². The molecule has 1 aromatic carbocycles. The van der Waals surface area contributed by atoms with Gasteiger partial charge in [-0.2, -0.15) is 4.98 Å². The van der Waals surface area contributed by atoms with Crippen LogP contribution in [0, 0.1) is 5.92 Å². The normalized spacial score (nSPS) is 15.4. The van der Waals surface area contributed by atoms with E-state index in [0.29, 0.717) is 19.3 Å². The van der Waals surface area contributed by atoms with Gasteiger partial charge in [0.25, 0.3) is 5.91 Å². The number of anilines is 1. The standard InChI is InChI=1S/C28H43N11O4/c29-22(40)19(14-13-17-8-3-1-4-9-17)34-24(41)20(12-7-15-33-27(30)31)35-25(42)21(16-18-10-5-2-6-11-18)36-26(43)23-37-28(32)39-38-23/h1,3-4,8-9,18-21H,2,5-7,10-16H2,(H2,29,40)(H,34,41)(H,35,42)(H,36,43)(H4,30,31,33)(H3,32,37,38,39)/t19-,20-,21-/m0/s1. The van der Waals surface area contributed by atoms with Crippen molar-refractivity contribution in [3.05, 3.63) is 41.7 Å². The lowest BCUT2D eigenvalue weighted by Crippen LogP contribution is -2.56. The van der Waals surface area contributed by atoms with Gasteiger partial charge in [-0.15, -0.1) is 5.10 Å². The minimum atomic E-state index is -1.05. The van der Waals surface area contributed by atoms with E-state index < -0.39 is 41.8 Å². The molecule has 1 aliphatic rings. The zero-order chi connectivity index (χ0) is 31.2. The van der Waals surface area contributed by atoms with E-state index in [4.69, 9.17) is 22.9 Å². The maximum Gasteiger partial charge on any atom is 0.289 e. The van der Waals surface area contributed by atoms with Crippen molar-refractivity contribution in [1.82, 2.24) is 31.1 Å². The summed E-state index contributed by atoms with van der Waals surface area (Å²) in [6.07, 6.45) is 6.76. The van der Waals surface area contributed by atoms with E-state index in [1.54, 1.807) is 0 Å². The Labute approximate surface area is 250 Å². The quantitative estimate of drug-likeness (QED) is 0.0709. The highest BCUT2D eigenvalue weighted by Crippen LogP contribution is 2.27. The van der Waals surface area contributed by atoms with Crippen molar-refractivity contribution in [3.8, 4) is 0 Å². The number of carbonyl (C=O) groups excluding carboxylic acids is 4. The maximum atomic E-state index is 13.6. The zero-order valence-corrected chi connectivity index (χ0v) is 24.3. The molecule has 1 aromatic heterocycles. The summed E-state index contributed by atoms with van der Waals surface area (Å²) >= 11 is 0. The van der Waals surface area contributed by atoms with Crippen molar-refractivity contribution in [3.63, 3.8) is 0 Å². The molecule has 15 heteroatoms. The van der Waals surface area contributed by atoms with Crippen LogP contribution in [-0.2, 0) is 20.8 Å². The highest BCUT2D eigenvalue weighted by Gasteiger charge is 2.31. The number of aromatic nitrogens is 3. The van der Waals surface area contributed by atoms with E-state index >= 15 is 0 Å². The molecule has 0 aliphatic heterocycles. The predicted octanol–water partition coefficient (Wildman–Crippen LogP) is -0.403. The highest BCUT2D eigenvalue weighted by molar-refractivity contribution is 5.97. The molecule has 2 aromatic rings. The second-order valence-electron chi connectivity index (χ2n) is 10.8. The molecule has 1 heterocycles. The Bertz CT molecular complexity index is 1240. The van der Waals surface area contributed by atoms with Crippen LogP contribution in [0.15, 0.2) is 35.3 Å². The van der Waals surface area contributed by atoms with Crippen LogP contribution in [-0.4, -0.2) is 69.4 Å². The minimum absolute atomic E-state index is 0.0944. The van der Waals surface area contributed by atoms with Gasteiger partial charge in [-0.3, -0.25) is 29.3 Å². The third-order valence-corrected chi connectivity index (χ3v) is 7.44. The Morgan fingerprint density at radius 1 is 0.907 bits per heavy atom. The van der Waals surface area contributed by atoms with Gasteiger partial charge >= 0.3 is 0 Å². The van der Waals surface area contributed by atoms with Gasteiger partial charge in [0.15, 0.2) is 5.96 Å². The molecule has 15 nitrogen and oxygen atoms in total. The molecule has 0 unspecified atom stereocenters. The SMILES string of the molecule is NC(=O)[C@H](CCc1ccccc1)NC(=O)[C@H](CCCN=C(N)N)NC(=O)[C@H](CC1CCCCC1)NC(=O)c1nc(N)n[nH]1. The third kappa shape index (κ3) is 11.2. The molecule has 12 N–H and O–H groups in total. The van der Waals surface area contributed by atoms with Gasteiger partial charge in [0.05, 0.1) is 0 Å². The second kappa shape index (κ2) is 16.7. The number of aromatic amines is 1. The molecule has 1 aliphatic carbocycles. The largest absolute Gasteiger partial charge is 0.370 e. The molecule has 0 saturated heterocycles. The number of guanidine groups is 1. The third-order valence-electron chi connectivity index (χ3n) is 7.44. The summed E-state index contributed by atoms with van der Waals surface area (Å²) in [5, 5.41) is 14.3. The van der Waals surface area contributed by atoms with Crippen LogP contribution in [0.1, 0.15) is 74.0 Å². The number of H-pyrrole nitrogens is 1. The number of rotatable bonds is 16. The Morgan fingerprint density at radius 2 is 1.58 bits per heavy atom. The van der Waals surface area contributed by atoms with Crippen LogP contribution in [0.3, 0.4) is 0 Å². The first-order chi connectivity index (χ1) is 20.6. The molecule has 3 atom stereocenters. The molecule has 1 fully saturated rings. The first kappa shape index (κ1) is 32.8. The lowest BCUT2D eigenvalue weighted by Gasteiger charge is -2.28. The van der Waals surface area contributed by atoms with Gasteiger partial charge in [0, 0.05) is 6.54 Å². The monoisotopic (exact) mass is 597 g/mol. The van der Waals surface area contributed by atoms with Gasteiger partial charge in [-0.25, -0.2) is 0 Å². The van der Waals surface area contributed by atoms with E-state index in [0.717, 1.165) is 37.7 Å². The van der Waals surface area contributed by atoms with E-state index in [-0.39, 0.29) is 43.0 Å². The van der Waals surface area contributed by atoms with Crippen LogP contribution in [0.5, 0.6) is 0 Å². The van der Waals surface area contributed by atoms with Crippen LogP contribution in [0.25, 0.3) is 0 Å². The fraction of sp³-hybridized carbons (Fsp3) is 0.536. The molecule has 1 saturated carbocycles. The number of amides is 4. The summed E-state index contributed by atoms with van der Waals surface area (Å²) in [5.41, 5.74) is 23.0. The molecule has 0 radical (unpaired) electrons. The fourth-order valence-electron chi connectivity index (χ4n) is 5.15. The molecule has 0 spiro atoms. The van der Waals surface area contributed by atoms with Crippen molar-refractivity contribution >= 4 is 35.5 Å². The Morgan fingerprint density at radius 3 is 2.21 bits per heavy atom. The van der Waals surface area contributed by atoms with E-state index in [1.807, 2.05) is 30.3 Å². The lowest BCUT2D eigenvalue weighted by atomic mass is 9.84. The summed E-state index contributed by atoms with van der Waals surface area (Å²) in [6.45, 7) is 0.227. The van der Waals surface area contributed by atoms with E-state index in [9.17, 15) is 19.2 Å². The number of carbonyl (C=O) groups is 4. The number of nitrogens with two attached hydrogens (primary N) is 4. The lowest BCUT2D eigenvalue weighted by molar-refractivity contribution is -0.132. The van der Waals surface area contributed by atoms with E-state index in [2.05, 4.69) is 36.1 Å². The van der Waals surface area contributed by atoms with E-state index in [1.165, 1.54) is 0 Å². The number of nitrogens with zero attached hydrogens (tertiary/aromatic N) is 3. The summed E-state index contributed by atoms with van der Waals surface area (Å²) in [6, 6.07) is 6.52. The average Bonchev–Trinajstić information content (AvgIpc) is 3.43. The fourth-order valence-corrected chi connectivity index (χ4v) is 5.15. The number of primary amides is 1. The number of aryl methyl sites for hydroxylation is 1. The second-order valence-corrected chi connectivity index (χ2v) is 10.8. The molecule has 43 heavy (non-hydrogen) atoms. The van der Waals surface area contributed by atoms with Gasteiger partial charge in [0.2, 0.25) is 29.5 Å². The number of nitrogen functional groups attached to an aromatic ring is 1.